The number of methoxy groups -OCH3 is 1. The largest absolute Gasteiger partial charge is 0.469 e. The third-order valence-corrected chi connectivity index (χ3v) is 2.76. The van der Waals surface area contributed by atoms with Gasteiger partial charge in [-0.05, 0) is 24.7 Å². The lowest BCUT2D eigenvalue weighted by atomic mass is 9.95. The molecule has 0 N–H and O–H groups in total. The second-order valence-electron chi connectivity index (χ2n) is 3.86. The summed E-state index contributed by atoms with van der Waals surface area (Å²) in [6.45, 7) is 2.19. The monoisotopic (exact) mass is 170 g/mol. The molecule has 0 atom stereocenters. The van der Waals surface area contributed by atoms with Gasteiger partial charge in [0.05, 0.1) is 13.5 Å². The molecule has 0 aromatic carbocycles. The van der Waals surface area contributed by atoms with E-state index in [9.17, 15) is 4.79 Å². The van der Waals surface area contributed by atoms with Gasteiger partial charge >= 0.3 is 5.97 Å². The number of ether oxygens (including phenoxy) is 1. The van der Waals surface area contributed by atoms with Gasteiger partial charge in [-0.2, -0.15) is 0 Å². The number of esters is 1. The van der Waals surface area contributed by atoms with Crippen molar-refractivity contribution in [1.29, 1.82) is 0 Å². The highest BCUT2D eigenvalue weighted by Gasteiger charge is 2.43. The molecule has 0 heterocycles. The SMILES string of the molecule is CCCCC1(CC(=O)OC)CC1. The van der Waals surface area contributed by atoms with E-state index < -0.39 is 0 Å². The highest BCUT2D eigenvalue weighted by Crippen LogP contribution is 2.52. The Morgan fingerprint density at radius 1 is 1.50 bits per heavy atom. The zero-order chi connectivity index (χ0) is 9.03. The third-order valence-electron chi connectivity index (χ3n) is 2.76. The Balaban J connectivity index is 2.24. The van der Waals surface area contributed by atoms with Gasteiger partial charge in [0.15, 0.2) is 0 Å². The zero-order valence-corrected chi connectivity index (χ0v) is 8.06. The van der Waals surface area contributed by atoms with Gasteiger partial charge in [0, 0.05) is 0 Å². The quantitative estimate of drug-likeness (QED) is 0.593. The number of rotatable bonds is 5. The topological polar surface area (TPSA) is 26.3 Å². The van der Waals surface area contributed by atoms with Crippen molar-refractivity contribution in [3.05, 3.63) is 0 Å². The summed E-state index contributed by atoms with van der Waals surface area (Å²) in [5, 5.41) is 0. The Morgan fingerprint density at radius 2 is 2.17 bits per heavy atom. The lowest BCUT2D eigenvalue weighted by molar-refractivity contribution is -0.142. The van der Waals surface area contributed by atoms with Gasteiger partial charge in [-0.15, -0.1) is 0 Å². The van der Waals surface area contributed by atoms with Crippen LogP contribution in [0.1, 0.15) is 45.4 Å². The fourth-order valence-corrected chi connectivity index (χ4v) is 1.62. The van der Waals surface area contributed by atoms with E-state index in [-0.39, 0.29) is 5.97 Å². The van der Waals surface area contributed by atoms with Crippen LogP contribution >= 0.6 is 0 Å². The molecule has 2 heteroatoms. The summed E-state index contributed by atoms with van der Waals surface area (Å²) in [4.78, 5) is 11.0. The maximum absolute atomic E-state index is 11.0. The predicted molar refractivity (Wildman–Crippen MR) is 47.8 cm³/mol. The third kappa shape index (κ3) is 2.50. The second-order valence-corrected chi connectivity index (χ2v) is 3.86. The van der Waals surface area contributed by atoms with Gasteiger partial charge in [0.25, 0.3) is 0 Å². The molecular weight excluding hydrogens is 152 g/mol. The van der Waals surface area contributed by atoms with Gasteiger partial charge < -0.3 is 4.74 Å². The maximum Gasteiger partial charge on any atom is 0.306 e. The maximum atomic E-state index is 11.0. The fourth-order valence-electron chi connectivity index (χ4n) is 1.62. The first-order valence-corrected chi connectivity index (χ1v) is 4.79. The fraction of sp³-hybridized carbons (Fsp3) is 0.900. The highest BCUT2D eigenvalue weighted by molar-refractivity contribution is 5.70. The van der Waals surface area contributed by atoms with Crippen molar-refractivity contribution in [2.75, 3.05) is 7.11 Å². The van der Waals surface area contributed by atoms with Crippen molar-refractivity contribution in [1.82, 2.24) is 0 Å². The number of unbranched alkanes of at least 4 members (excludes halogenated alkanes) is 1. The molecule has 1 saturated carbocycles. The van der Waals surface area contributed by atoms with E-state index in [4.69, 9.17) is 0 Å². The Morgan fingerprint density at radius 3 is 2.58 bits per heavy atom. The van der Waals surface area contributed by atoms with E-state index >= 15 is 0 Å². The molecular formula is C10H18O2. The Bertz CT molecular complexity index is 159. The average Bonchev–Trinajstić information content (AvgIpc) is 2.82. The molecule has 70 valence electrons. The van der Waals surface area contributed by atoms with Crippen molar-refractivity contribution >= 4 is 5.97 Å². The number of hydrogen-bond donors (Lipinski definition) is 0. The van der Waals surface area contributed by atoms with E-state index in [0.29, 0.717) is 11.8 Å². The lowest BCUT2D eigenvalue weighted by Crippen LogP contribution is -2.10. The normalized spacial score (nSPS) is 18.8. The van der Waals surface area contributed by atoms with Crippen molar-refractivity contribution in [3.63, 3.8) is 0 Å². The molecule has 0 radical (unpaired) electrons. The molecule has 1 rings (SSSR count). The van der Waals surface area contributed by atoms with Crippen LogP contribution in [0.5, 0.6) is 0 Å². The first kappa shape index (κ1) is 9.56. The van der Waals surface area contributed by atoms with Gasteiger partial charge in [-0.1, -0.05) is 19.8 Å². The van der Waals surface area contributed by atoms with Gasteiger partial charge in [-0.25, -0.2) is 0 Å². The molecule has 0 bridgehead atoms. The molecule has 0 aromatic rings. The van der Waals surface area contributed by atoms with Crippen molar-refractivity contribution in [2.45, 2.75) is 45.4 Å². The van der Waals surface area contributed by atoms with E-state index in [1.54, 1.807) is 0 Å². The molecule has 12 heavy (non-hydrogen) atoms. The molecule has 1 fully saturated rings. The van der Waals surface area contributed by atoms with Crippen LogP contribution in [0.2, 0.25) is 0 Å². The smallest absolute Gasteiger partial charge is 0.306 e. The summed E-state index contributed by atoms with van der Waals surface area (Å²) in [7, 11) is 1.47. The van der Waals surface area contributed by atoms with Crippen LogP contribution in [0.3, 0.4) is 0 Å². The van der Waals surface area contributed by atoms with E-state index in [1.807, 2.05) is 0 Å². The Kier molecular flexibility index (Phi) is 3.12. The van der Waals surface area contributed by atoms with Crippen molar-refractivity contribution in [2.24, 2.45) is 5.41 Å². The molecule has 0 saturated heterocycles. The Labute approximate surface area is 74.3 Å². The summed E-state index contributed by atoms with van der Waals surface area (Å²) < 4.78 is 4.67. The Hall–Kier alpha value is -0.530. The molecule has 0 unspecified atom stereocenters. The molecule has 0 aromatic heterocycles. The van der Waals surface area contributed by atoms with E-state index in [2.05, 4.69) is 11.7 Å². The minimum atomic E-state index is -0.0383. The minimum Gasteiger partial charge on any atom is -0.469 e. The molecule has 0 amide bonds. The van der Waals surface area contributed by atoms with Crippen molar-refractivity contribution < 1.29 is 9.53 Å². The van der Waals surface area contributed by atoms with Gasteiger partial charge in [0.1, 0.15) is 0 Å². The van der Waals surface area contributed by atoms with Crippen LogP contribution in [-0.4, -0.2) is 13.1 Å². The summed E-state index contributed by atoms with van der Waals surface area (Å²) in [5.74, 6) is -0.0383. The van der Waals surface area contributed by atoms with E-state index in [1.165, 1.54) is 39.2 Å². The first-order chi connectivity index (χ1) is 5.72. The van der Waals surface area contributed by atoms with Crippen LogP contribution in [0.25, 0.3) is 0 Å². The summed E-state index contributed by atoms with van der Waals surface area (Å²) in [6.07, 6.45) is 6.77. The molecule has 1 aliphatic rings. The number of carbonyl (C=O) groups is 1. The minimum absolute atomic E-state index is 0.0383. The van der Waals surface area contributed by atoms with Gasteiger partial charge in [-0.3, -0.25) is 4.79 Å². The van der Waals surface area contributed by atoms with Crippen LogP contribution in [-0.2, 0) is 9.53 Å². The van der Waals surface area contributed by atoms with Crippen LogP contribution in [0.4, 0.5) is 0 Å². The lowest BCUT2D eigenvalue weighted by Gasteiger charge is -2.11. The summed E-state index contributed by atoms with van der Waals surface area (Å²) in [5.41, 5.74) is 0.350. The molecule has 0 spiro atoms. The average molecular weight is 170 g/mol. The molecule has 0 aliphatic heterocycles. The second kappa shape index (κ2) is 3.92. The predicted octanol–water partition coefficient (Wildman–Crippen LogP) is 2.52. The highest BCUT2D eigenvalue weighted by atomic mass is 16.5. The summed E-state index contributed by atoms with van der Waals surface area (Å²) in [6, 6.07) is 0. The van der Waals surface area contributed by atoms with Crippen LogP contribution < -0.4 is 0 Å². The zero-order valence-electron chi connectivity index (χ0n) is 8.06. The number of hydrogen-bond acceptors (Lipinski definition) is 2. The van der Waals surface area contributed by atoms with Crippen LogP contribution in [0, 0.1) is 5.41 Å². The summed E-state index contributed by atoms with van der Waals surface area (Å²) >= 11 is 0. The van der Waals surface area contributed by atoms with Gasteiger partial charge in [0.2, 0.25) is 0 Å². The molecule has 2 nitrogen and oxygen atoms in total. The first-order valence-electron chi connectivity index (χ1n) is 4.79. The standard InChI is InChI=1S/C10H18O2/c1-3-4-5-10(6-7-10)8-9(11)12-2/h3-8H2,1-2H3. The molecule has 1 aliphatic carbocycles. The number of carbonyl (C=O) groups excluding carboxylic acids is 1. The van der Waals surface area contributed by atoms with E-state index in [0.717, 1.165) is 0 Å². The van der Waals surface area contributed by atoms with Crippen LogP contribution in [0.15, 0.2) is 0 Å². The van der Waals surface area contributed by atoms with Crippen molar-refractivity contribution in [3.8, 4) is 0 Å².